The lowest BCUT2D eigenvalue weighted by Gasteiger charge is -2.22. The van der Waals surface area contributed by atoms with Crippen LogP contribution in [0.15, 0.2) is 212 Å². The fraction of sp³-hybridized carbons (Fsp3) is 0.0847. The van der Waals surface area contributed by atoms with E-state index in [1.165, 1.54) is 88.3 Å². The quantitative estimate of drug-likeness (QED) is 0.143. The van der Waals surface area contributed by atoms with Crippen molar-refractivity contribution in [2.75, 3.05) is 0 Å². The average Bonchev–Trinajstić information content (AvgIpc) is 3.77. The van der Waals surface area contributed by atoms with Gasteiger partial charge in [0.1, 0.15) is 6.17 Å². The van der Waals surface area contributed by atoms with Gasteiger partial charge >= 0.3 is 0 Å². The summed E-state index contributed by atoms with van der Waals surface area (Å²) in [4.78, 5) is 0. The van der Waals surface area contributed by atoms with Gasteiger partial charge in [0.25, 0.3) is 0 Å². The van der Waals surface area contributed by atoms with Gasteiger partial charge in [-0.2, -0.15) is 0 Å². The van der Waals surface area contributed by atoms with E-state index in [1.807, 2.05) is 18.2 Å². The highest BCUT2D eigenvalue weighted by molar-refractivity contribution is 6.10. The Kier molecular flexibility index (Phi) is 9.21. The second-order valence-corrected chi connectivity index (χ2v) is 17.1. The van der Waals surface area contributed by atoms with Crippen LogP contribution in [0.25, 0.3) is 77.3 Å². The lowest BCUT2D eigenvalue weighted by atomic mass is 9.81. The Morgan fingerprint density at radius 3 is 1.97 bits per heavy atom. The van der Waals surface area contributed by atoms with Crippen LogP contribution in [-0.4, -0.2) is 4.57 Å². The minimum atomic E-state index is -0.363. The van der Waals surface area contributed by atoms with Crippen molar-refractivity contribution in [3.63, 3.8) is 0 Å². The van der Waals surface area contributed by atoms with Gasteiger partial charge in [-0.3, -0.25) is 0 Å². The average molecular weight is 798 g/mol. The molecule has 0 fully saturated rings. The molecule has 1 aromatic heterocycles. The molecule has 1 heterocycles. The fourth-order valence-electron chi connectivity index (χ4n) is 9.77. The molecule has 1 aliphatic carbocycles. The summed E-state index contributed by atoms with van der Waals surface area (Å²) in [7, 11) is 0. The summed E-state index contributed by atoms with van der Waals surface area (Å²) in [5.41, 5.74) is 25.0. The molecule has 62 heavy (non-hydrogen) atoms. The second-order valence-electron chi connectivity index (χ2n) is 17.1. The Hall–Kier alpha value is -7.46. The van der Waals surface area contributed by atoms with Gasteiger partial charge in [0.15, 0.2) is 0 Å². The van der Waals surface area contributed by atoms with Crippen molar-refractivity contribution < 1.29 is 0 Å². The highest BCUT2D eigenvalue weighted by Crippen LogP contribution is 2.53. The van der Waals surface area contributed by atoms with Crippen molar-refractivity contribution in [3.05, 3.63) is 240 Å². The zero-order valence-corrected chi connectivity index (χ0v) is 35.0. The van der Waals surface area contributed by atoms with Crippen LogP contribution in [0.4, 0.5) is 0 Å². The standard InChI is InChI=1S/C59H47N3/c1-59(2)52-22-13-21-48(57(52)51-37-44-16-9-10-17-45(44)38-53(51)59)41-29-31-42(32-30-41)54(61-58(60)43-14-5-3-6-15-43)34-26-39-24-27-40(28-25-39)46-33-35-56-50(36-46)49-20-11-12-23-55(49)62(56)47-18-7-4-8-19-47/h3-25,27-38,58,61H,26,60H2,1-2H3/b54-34-. The number of nitrogens with two attached hydrogens (primary N) is 1. The molecule has 0 radical (unpaired) electrons. The highest BCUT2D eigenvalue weighted by atomic mass is 15.0. The van der Waals surface area contributed by atoms with E-state index in [-0.39, 0.29) is 11.6 Å². The van der Waals surface area contributed by atoms with Crippen LogP contribution in [0.2, 0.25) is 0 Å². The molecule has 11 rings (SSSR count). The number of para-hydroxylation sites is 2. The summed E-state index contributed by atoms with van der Waals surface area (Å²) < 4.78 is 2.36. The van der Waals surface area contributed by atoms with Gasteiger partial charge in [0.05, 0.1) is 11.0 Å². The molecule has 0 saturated carbocycles. The van der Waals surface area contributed by atoms with Gasteiger partial charge in [-0.05, 0) is 121 Å². The number of nitrogens with one attached hydrogen (secondary N) is 1. The molecule has 0 saturated heterocycles. The maximum atomic E-state index is 6.83. The Labute approximate surface area is 363 Å². The Balaban J connectivity index is 0.907. The molecule has 1 unspecified atom stereocenters. The Bertz CT molecular complexity index is 3300. The van der Waals surface area contributed by atoms with E-state index in [9.17, 15) is 0 Å². The first-order valence-electron chi connectivity index (χ1n) is 21.6. The number of aromatic nitrogens is 1. The minimum absolute atomic E-state index is 0.0892. The van der Waals surface area contributed by atoms with Gasteiger partial charge in [-0.25, -0.2) is 0 Å². The normalized spacial score (nSPS) is 13.6. The number of hydrogen-bond donors (Lipinski definition) is 2. The van der Waals surface area contributed by atoms with Gasteiger partial charge in [-0.15, -0.1) is 0 Å². The van der Waals surface area contributed by atoms with Crippen molar-refractivity contribution in [2.24, 2.45) is 5.73 Å². The van der Waals surface area contributed by atoms with E-state index in [0.717, 1.165) is 23.2 Å². The molecule has 0 bridgehead atoms. The van der Waals surface area contributed by atoms with Crippen molar-refractivity contribution in [3.8, 4) is 39.1 Å². The molecule has 0 amide bonds. The maximum Gasteiger partial charge on any atom is 0.101 e. The van der Waals surface area contributed by atoms with E-state index in [4.69, 9.17) is 5.73 Å². The van der Waals surface area contributed by atoms with E-state index < -0.39 is 0 Å². The molecule has 10 aromatic rings. The highest BCUT2D eigenvalue weighted by Gasteiger charge is 2.37. The minimum Gasteiger partial charge on any atom is -0.366 e. The smallest absolute Gasteiger partial charge is 0.101 e. The number of fused-ring (bicyclic) bond motifs is 7. The third kappa shape index (κ3) is 6.50. The van der Waals surface area contributed by atoms with Crippen molar-refractivity contribution >= 4 is 38.3 Å². The molecule has 298 valence electrons. The molecule has 3 nitrogen and oxygen atoms in total. The summed E-state index contributed by atoms with van der Waals surface area (Å²) in [6.45, 7) is 4.72. The summed E-state index contributed by atoms with van der Waals surface area (Å²) in [6, 6.07) is 74.7. The van der Waals surface area contributed by atoms with Gasteiger partial charge in [0, 0.05) is 27.6 Å². The third-order valence-electron chi connectivity index (χ3n) is 13.1. The van der Waals surface area contributed by atoms with E-state index in [2.05, 4.69) is 218 Å². The SMILES string of the molecule is CC1(C)c2cc3ccccc3cc2-c2c(-c3ccc(/C(=C/Cc4ccc(-c5ccc6c(c5)c5ccccc5n6-c5ccccc5)cc4)NC(N)c4ccccc4)cc3)cccc21. The molecule has 1 atom stereocenters. The van der Waals surface area contributed by atoms with Gasteiger partial charge in [-0.1, -0.05) is 184 Å². The lowest BCUT2D eigenvalue weighted by Crippen LogP contribution is -2.27. The molecule has 3 N–H and O–H groups in total. The molecule has 0 aliphatic heterocycles. The Morgan fingerprint density at radius 1 is 0.548 bits per heavy atom. The van der Waals surface area contributed by atoms with E-state index >= 15 is 0 Å². The van der Waals surface area contributed by atoms with E-state index in [0.29, 0.717) is 0 Å². The summed E-state index contributed by atoms with van der Waals surface area (Å²) in [6.07, 6.45) is 2.67. The zero-order chi connectivity index (χ0) is 41.8. The predicted molar refractivity (Wildman–Crippen MR) is 261 cm³/mol. The van der Waals surface area contributed by atoms with Crippen molar-refractivity contribution in [1.29, 1.82) is 0 Å². The number of nitrogens with zero attached hydrogens (tertiary/aromatic N) is 1. The number of allylic oxidation sites excluding steroid dienone is 1. The predicted octanol–water partition coefficient (Wildman–Crippen LogP) is 14.4. The third-order valence-corrected chi connectivity index (χ3v) is 13.1. The van der Waals surface area contributed by atoms with Crippen LogP contribution in [-0.2, 0) is 11.8 Å². The van der Waals surface area contributed by atoms with Crippen LogP contribution >= 0.6 is 0 Å². The van der Waals surface area contributed by atoms with Crippen LogP contribution < -0.4 is 11.1 Å². The van der Waals surface area contributed by atoms with Crippen LogP contribution in [0.1, 0.15) is 47.8 Å². The van der Waals surface area contributed by atoms with E-state index in [1.54, 1.807) is 0 Å². The molecule has 3 heteroatoms. The van der Waals surface area contributed by atoms with Gasteiger partial charge in [0.2, 0.25) is 0 Å². The molecule has 9 aromatic carbocycles. The molecular weight excluding hydrogens is 751 g/mol. The van der Waals surface area contributed by atoms with Crippen LogP contribution in [0.5, 0.6) is 0 Å². The molecule has 1 aliphatic rings. The summed E-state index contributed by atoms with van der Waals surface area (Å²) >= 11 is 0. The topological polar surface area (TPSA) is 43.0 Å². The first kappa shape index (κ1) is 37.5. The molecule has 0 spiro atoms. The first-order chi connectivity index (χ1) is 30.4. The first-order valence-corrected chi connectivity index (χ1v) is 21.6. The second kappa shape index (κ2) is 15.2. The number of hydrogen-bond acceptors (Lipinski definition) is 2. The lowest BCUT2D eigenvalue weighted by molar-refractivity contribution is 0.661. The Morgan fingerprint density at radius 2 is 1.19 bits per heavy atom. The van der Waals surface area contributed by atoms with Crippen LogP contribution in [0.3, 0.4) is 0 Å². The zero-order valence-electron chi connectivity index (χ0n) is 35.0. The van der Waals surface area contributed by atoms with Crippen molar-refractivity contribution in [2.45, 2.75) is 31.8 Å². The number of benzene rings is 9. The number of rotatable bonds is 9. The summed E-state index contributed by atoms with van der Waals surface area (Å²) in [5, 5.41) is 8.75. The monoisotopic (exact) mass is 797 g/mol. The largest absolute Gasteiger partial charge is 0.366 e. The van der Waals surface area contributed by atoms with Gasteiger partial charge < -0.3 is 15.6 Å². The van der Waals surface area contributed by atoms with Crippen LogP contribution in [0, 0.1) is 0 Å². The maximum absolute atomic E-state index is 6.83. The van der Waals surface area contributed by atoms with Crippen molar-refractivity contribution in [1.82, 2.24) is 9.88 Å². The fourth-order valence-corrected chi connectivity index (χ4v) is 9.77. The summed E-state index contributed by atoms with van der Waals surface area (Å²) in [5.74, 6) is 0. The molecular formula is C59H47N3.